The summed E-state index contributed by atoms with van der Waals surface area (Å²) in [5.41, 5.74) is 3.16. The van der Waals surface area contributed by atoms with Gasteiger partial charge in [0.2, 0.25) is 5.91 Å². The second-order valence-electron chi connectivity index (χ2n) is 7.88. The summed E-state index contributed by atoms with van der Waals surface area (Å²) in [5.74, 6) is 1.35. The number of aromatic nitrogens is 3. The summed E-state index contributed by atoms with van der Waals surface area (Å²) in [6.45, 7) is 2.45. The fourth-order valence-electron chi connectivity index (χ4n) is 3.40. The van der Waals surface area contributed by atoms with E-state index < -0.39 is 0 Å². The van der Waals surface area contributed by atoms with E-state index in [9.17, 15) is 9.59 Å². The molecule has 2 aromatic heterocycles. The van der Waals surface area contributed by atoms with Crippen LogP contribution in [0.3, 0.4) is 0 Å². The van der Waals surface area contributed by atoms with Gasteiger partial charge in [-0.3, -0.25) is 14.2 Å². The molecule has 0 saturated carbocycles. The predicted octanol–water partition coefficient (Wildman–Crippen LogP) is 4.33. The zero-order valence-electron chi connectivity index (χ0n) is 19.2. The van der Waals surface area contributed by atoms with E-state index in [0.29, 0.717) is 28.8 Å². The zero-order chi connectivity index (χ0) is 24.1. The van der Waals surface area contributed by atoms with Gasteiger partial charge in [0, 0.05) is 25.3 Å². The monoisotopic (exact) mass is 475 g/mol. The number of anilines is 1. The Kier molecular flexibility index (Phi) is 7.12. The van der Waals surface area contributed by atoms with Gasteiger partial charge in [0.25, 0.3) is 5.91 Å². The van der Waals surface area contributed by atoms with Crippen LogP contribution in [0.5, 0.6) is 0 Å². The van der Waals surface area contributed by atoms with Crippen LogP contribution in [0.15, 0.2) is 76.5 Å². The molecule has 9 heteroatoms. The molecule has 2 amide bonds. The average molecular weight is 476 g/mol. The van der Waals surface area contributed by atoms with Crippen LogP contribution in [-0.4, -0.2) is 51.3 Å². The van der Waals surface area contributed by atoms with E-state index in [2.05, 4.69) is 15.5 Å². The number of amides is 2. The minimum atomic E-state index is -0.174. The molecule has 4 aromatic rings. The Morgan fingerprint density at radius 1 is 1.03 bits per heavy atom. The van der Waals surface area contributed by atoms with Gasteiger partial charge < -0.3 is 14.6 Å². The molecule has 0 atom stereocenters. The first kappa shape index (κ1) is 23.3. The number of hydrogen-bond donors (Lipinski definition) is 1. The van der Waals surface area contributed by atoms with Crippen LogP contribution in [-0.2, 0) is 11.3 Å². The topological polar surface area (TPSA) is 93.3 Å². The first-order chi connectivity index (χ1) is 16.4. The van der Waals surface area contributed by atoms with E-state index >= 15 is 0 Å². The van der Waals surface area contributed by atoms with Gasteiger partial charge in [0.15, 0.2) is 11.0 Å². The van der Waals surface area contributed by atoms with Gasteiger partial charge in [-0.05, 0) is 42.8 Å². The quantitative estimate of drug-likeness (QED) is 0.381. The third-order valence-electron chi connectivity index (χ3n) is 5.15. The molecule has 1 N–H and O–H groups in total. The third-order valence-corrected chi connectivity index (χ3v) is 6.12. The Morgan fingerprint density at radius 3 is 2.41 bits per heavy atom. The summed E-state index contributed by atoms with van der Waals surface area (Å²) in [6.07, 6.45) is 1.63. The van der Waals surface area contributed by atoms with Crippen molar-refractivity contribution in [2.75, 3.05) is 25.2 Å². The molecule has 0 fully saturated rings. The molecule has 174 valence electrons. The second-order valence-corrected chi connectivity index (χ2v) is 8.82. The van der Waals surface area contributed by atoms with Crippen LogP contribution in [0.4, 0.5) is 5.69 Å². The first-order valence-corrected chi connectivity index (χ1v) is 11.7. The van der Waals surface area contributed by atoms with Crippen molar-refractivity contribution < 1.29 is 14.0 Å². The average Bonchev–Trinajstić information content (AvgIpc) is 3.43. The van der Waals surface area contributed by atoms with E-state index in [0.717, 1.165) is 16.9 Å². The van der Waals surface area contributed by atoms with Gasteiger partial charge >= 0.3 is 0 Å². The molecule has 8 nitrogen and oxygen atoms in total. The highest BCUT2D eigenvalue weighted by atomic mass is 32.2. The Balaban J connectivity index is 1.47. The maximum absolute atomic E-state index is 12.6. The lowest BCUT2D eigenvalue weighted by atomic mass is 10.2. The first-order valence-electron chi connectivity index (χ1n) is 10.7. The van der Waals surface area contributed by atoms with Crippen molar-refractivity contribution in [1.29, 1.82) is 0 Å². The van der Waals surface area contributed by atoms with Crippen molar-refractivity contribution in [3.63, 3.8) is 0 Å². The minimum Gasteiger partial charge on any atom is -0.469 e. The van der Waals surface area contributed by atoms with Crippen LogP contribution < -0.4 is 5.32 Å². The van der Waals surface area contributed by atoms with Crippen molar-refractivity contribution in [1.82, 2.24) is 19.7 Å². The number of nitrogens with one attached hydrogen (secondary N) is 1. The molecule has 2 heterocycles. The molecule has 0 spiro atoms. The Hall–Kier alpha value is -3.85. The number of rotatable bonds is 8. The summed E-state index contributed by atoms with van der Waals surface area (Å²) in [7, 11) is 3.40. The molecule has 0 aliphatic carbocycles. The molecule has 34 heavy (non-hydrogen) atoms. The van der Waals surface area contributed by atoms with Crippen molar-refractivity contribution >= 4 is 29.3 Å². The fraction of sp³-hybridized carbons (Fsp3) is 0.200. The molecule has 0 unspecified atom stereocenters. The van der Waals surface area contributed by atoms with Crippen molar-refractivity contribution in [2.24, 2.45) is 0 Å². The summed E-state index contributed by atoms with van der Waals surface area (Å²) in [4.78, 5) is 26.1. The molecule has 0 aliphatic heterocycles. The summed E-state index contributed by atoms with van der Waals surface area (Å²) in [6, 6.07) is 18.7. The molecular formula is C25H25N5O3S. The number of carbonyl (C=O) groups is 2. The third kappa shape index (κ3) is 5.37. The lowest BCUT2D eigenvalue weighted by Crippen LogP contribution is -2.21. The van der Waals surface area contributed by atoms with E-state index in [4.69, 9.17) is 4.42 Å². The molecule has 0 saturated heterocycles. The molecule has 0 bridgehead atoms. The van der Waals surface area contributed by atoms with E-state index in [1.165, 1.54) is 16.7 Å². The van der Waals surface area contributed by atoms with Crippen LogP contribution >= 0.6 is 11.8 Å². The van der Waals surface area contributed by atoms with Crippen LogP contribution in [0.2, 0.25) is 0 Å². The van der Waals surface area contributed by atoms with Crippen LogP contribution in [0.25, 0.3) is 11.4 Å². The molecule has 2 aromatic carbocycles. The highest BCUT2D eigenvalue weighted by Crippen LogP contribution is 2.28. The number of hydrogen-bond acceptors (Lipinski definition) is 6. The van der Waals surface area contributed by atoms with Gasteiger partial charge in [-0.1, -0.05) is 42.1 Å². The van der Waals surface area contributed by atoms with Crippen LogP contribution in [0, 0.1) is 6.92 Å². The highest BCUT2D eigenvalue weighted by Gasteiger charge is 2.19. The Labute approximate surface area is 202 Å². The standard InChI is InChI=1S/C25H25N5O3S/c1-17-21(13-14-33-17)23-27-28-25(30(23)15-18-7-5-4-6-8-18)34-16-22(31)26-20-11-9-19(10-12-20)24(32)29(2)3/h4-14H,15-16H2,1-3H3,(H,26,31). The van der Waals surface area contributed by atoms with Crippen LogP contribution in [0.1, 0.15) is 21.7 Å². The molecular weight excluding hydrogens is 450 g/mol. The number of furan rings is 1. The number of aryl methyl sites for hydroxylation is 1. The lowest BCUT2D eigenvalue weighted by molar-refractivity contribution is -0.113. The van der Waals surface area contributed by atoms with Gasteiger partial charge in [-0.15, -0.1) is 10.2 Å². The van der Waals surface area contributed by atoms with Crippen molar-refractivity contribution in [2.45, 2.75) is 18.6 Å². The number of nitrogens with zero attached hydrogens (tertiary/aromatic N) is 4. The van der Waals surface area contributed by atoms with E-state index in [1.807, 2.05) is 47.9 Å². The smallest absolute Gasteiger partial charge is 0.253 e. The van der Waals surface area contributed by atoms with Crippen molar-refractivity contribution in [3.05, 3.63) is 83.8 Å². The number of carbonyl (C=O) groups excluding carboxylic acids is 2. The fourth-order valence-corrected chi connectivity index (χ4v) is 4.14. The molecule has 0 aliphatic rings. The minimum absolute atomic E-state index is 0.0881. The van der Waals surface area contributed by atoms with E-state index in [1.54, 1.807) is 44.6 Å². The summed E-state index contributed by atoms with van der Waals surface area (Å²) >= 11 is 1.32. The lowest BCUT2D eigenvalue weighted by Gasteiger charge is -2.11. The van der Waals surface area contributed by atoms with Gasteiger partial charge in [-0.2, -0.15) is 0 Å². The van der Waals surface area contributed by atoms with Gasteiger partial charge in [0.05, 0.1) is 24.1 Å². The molecule has 4 rings (SSSR count). The predicted molar refractivity (Wildman–Crippen MR) is 132 cm³/mol. The van der Waals surface area contributed by atoms with Gasteiger partial charge in [-0.25, -0.2) is 0 Å². The largest absolute Gasteiger partial charge is 0.469 e. The highest BCUT2D eigenvalue weighted by molar-refractivity contribution is 7.99. The molecule has 0 radical (unpaired) electrons. The number of benzene rings is 2. The summed E-state index contributed by atoms with van der Waals surface area (Å²) in [5, 5.41) is 12.2. The maximum Gasteiger partial charge on any atom is 0.253 e. The normalized spacial score (nSPS) is 10.8. The summed E-state index contributed by atoms with van der Waals surface area (Å²) < 4.78 is 7.45. The van der Waals surface area contributed by atoms with Gasteiger partial charge in [0.1, 0.15) is 5.76 Å². The second kappa shape index (κ2) is 10.4. The Bertz CT molecular complexity index is 1280. The maximum atomic E-state index is 12.6. The van der Waals surface area contributed by atoms with E-state index in [-0.39, 0.29) is 17.6 Å². The SMILES string of the molecule is Cc1occc1-c1nnc(SCC(=O)Nc2ccc(C(=O)N(C)C)cc2)n1Cc1ccccc1. The van der Waals surface area contributed by atoms with Crippen molar-refractivity contribution in [3.8, 4) is 11.4 Å². The zero-order valence-corrected chi connectivity index (χ0v) is 20.0. The number of thioether (sulfide) groups is 1. The Morgan fingerprint density at radius 2 is 1.76 bits per heavy atom.